The van der Waals surface area contributed by atoms with Crippen molar-refractivity contribution in [3.63, 3.8) is 0 Å². The van der Waals surface area contributed by atoms with Crippen LogP contribution in [0, 0.1) is 17.1 Å². The molecule has 0 aliphatic carbocycles. The Labute approximate surface area is 74.6 Å². The van der Waals surface area contributed by atoms with E-state index in [0.717, 1.165) is 12.1 Å². The fourth-order valence-corrected chi connectivity index (χ4v) is 0.979. The maximum Gasteiger partial charge on any atom is 0.161 e. The molecule has 0 heterocycles. The number of nitrogen functional groups attached to an aromatic ring is 1. The van der Waals surface area contributed by atoms with Gasteiger partial charge in [0.1, 0.15) is 11.9 Å². The highest BCUT2D eigenvalue weighted by Crippen LogP contribution is 2.17. The Morgan fingerprint density at radius 2 is 2.23 bits per heavy atom. The number of carbonyl (C=O) groups excluding carboxylic acids is 1. The average molecular weight is 178 g/mol. The number of nitrogens with two attached hydrogens (primary N) is 1. The van der Waals surface area contributed by atoms with Gasteiger partial charge in [0.2, 0.25) is 0 Å². The molecule has 0 bridgehead atoms. The lowest BCUT2D eigenvalue weighted by Gasteiger charge is -2.02. The predicted molar refractivity (Wildman–Crippen MR) is 45.5 cm³/mol. The molecule has 1 aromatic rings. The van der Waals surface area contributed by atoms with Gasteiger partial charge in [-0.3, -0.25) is 4.79 Å². The molecule has 0 atom stereocenters. The lowest BCUT2D eigenvalue weighted by atomic mass is 10.1. The van der Waals surface area contributed by atoms with Crippen LogP contribution in [0.2, 0.25) is 0 Å². The van der Waals surface area contributed by atoms with Crippen molar-refractivity contribution in [2.75, 3.05) is 5.73 Å². The second-order valence-electron chi connectivity index (χ2n) is 2.59. The van der Waals surface area contributed by atoms with Crippen molar-refractivity contribution >= 4 is 11.5 Å². The summed E-state index contributed by atoms with van der Waals surface area (Å²) in [5.74, 6) is -0.987. The Hall–Kier alpha value is -1.89. The minimum atomic E-state index is -0.704. The molecule has 0 radical (unpaired) electrons. The second kappa shape index (κ2) is 3.23. The number of halogens is 1. The van der Waals surface area contributed by atoms with Gasteiger partial charge in [-0.25, -0.2) is 4.39 Å². The minimum absolute atomic E-state index is 0.0593. The average Bonchev–Trinajstić information content (AvgIpc) is 2.03. The number of nitrogens with zero attached hydrogens (tertiary/aromatic N) is 1. The maximum absolute atomic E-state index is 12.9. The zero-order chi connectivity index (χ0) is 10.0. The van der Waals surface area contributed by atoms with Crippen molar-refractivity contribution in [3.05, 3.63) is 29.1 Å². The van der Waals surface area contributed by atoms with Gasteiger partial charge >= 0.3 is 0 Å². The molecule has 3 nitrogen and oxygen atoms in total. The number of nitriles is 1. The summed E-state index contributed by atoms with van der Waals surface area (Å²) < 4.78 is 12.9. The molecule has 0 fully saturated rings. The standard InChI is InChI=1S/C9H7FN2O/c1-5(13)7-2-6(4-11)8(10)3-9(7)12/h2-3H,12H2,1H3. The topological polar surface area (TPSA) is 66.9 Å². The van der Waals surface area contributed by atoms with Gasteiger partial charge in [0.15, 0.2) is 5.78 Å². The minimum Gasteiger partial charge on any atom is -0.398 e. The molecule has 1 rings (SSSR count). The summed E-state index contributed by atoms with van der Waals surface area (Å²) in [7, 11) is 0. The number of benzene rings is 1. The fourth-order valence-electron chi connectivity index (χ4n) is 0.979. The van der Waals surface area contributed by atoms with E-state index in [1.165, 1.54) is 6.92 Å². The maximum atomic E-state index is 12.9. The van der Waals surface area contributed by atoms with Crippen LogP contribution in [0.3, 0.4) is 0 Å². The van der Waals surface area contributed by atoms with E-state index in [1.54, 1.807) is 6.07 Å². The van der Waals surface area contributed by atoms with Crippen molar-refractivity contribution < 1.29 is 9.18 Å². The number of ketones is 1. The summed E-state index contributed by atoms with van der Waals surface area (Å²) >= 11 is 0. The quantitative estimate of drug-likeness (QED) is 0.523. The normalized spacial score (nSPS) is 9.31. The van der Waals surface area contributed by atoms with Crippen molar-refractivity contribution in [2.24, 2.45) is 0 Å². The Bertz CT molecular complexity index is 407. The fraction of sp³-hybridized carbons (Fsp3) is 0.111. The highest BCUT2D eigenvalue weighted by atomic mass is 19.1. The van der Waals surface area contributed by atoms with E-state index in [1.807, 2.05) is 0 Å². The molecular weight excluding hydrogens is 171 g/mol. The summed E-state index contributed by atoms with van der Waals surface area (Å²) in [6.07, 6.45) is 0. The first-order chi connectivity index (χ1) is 6.06. The van der Waals surface area contributed by atoms with Crippen molar-refractivity contribution in [1.82, 2.24) is 0 Å². The van der Waals surface area contributed by atoms with Crippen LogP contribution in [0.1, 0.15) is 22.8 Å². The molecule has 4 heteroatoms. The Morgan fingerprint density at radius 1 is 1.62 bits per heavy atom. The molecule has 1 aromatic carbocycles. The van der Waals surface area contributed by atoms with Crippen molar-refractivity contribution in [2.45, 2.75) is 6.92 Å². The smallest absolute Gasteiger partial charge is 0.161 e. The van der Waals surface area contributed by atoms with E-state index in [4.69, 9.17) is 11.0 Å². The lowest BCUT2D eigenvalue weighted by molar-refractivity contribution is 0.101. The first-order valence-corrected chi connectivity index (χ1v) is 3.56. The molecule has 0 amide bonds. The van der Waals surface area contributed by atoms with Crippen LogP contribution in [0.5, 0.6) is 0 Å². The van der Waals surface area contributed by atoms with Gasteiger partial charge < -0.3 is 5.73 Å². The zero-order valence-corrected chi connectivity index (χ0v) is 6.97. The van der Waals surface area contributed by atoms with Crippen LogP contribution in [0.15, 0.2) is 12.1 Å². The van der Waals surface area contributed by atoms with E-state index < -0.39 is 5.82 Å². The van der Waals surface area contributed by atoms with Gasteiger partial charge in [0.25, 0.3) is 0 Å². The molecule has 13 heavy (non-hydrogen) atoms. The monoisotopic (exact) mass is 178 g/mol. The predicted octanol–water partition coefficient (Wildman–Crippen LogP) is 1.48. The Kier molecular flexibility index (Phi) is 2.29. The highest BCUT2D eigenvalue weighted by molar-refractivity contribution is 5.99. The van der Waals surface area contributed by atoms with Crippen LogP contribution < -0.4 is 5.73 Å². The summed E-state index contributed by atoms with van der Waals surface area (Å²) in [5, 5.41) is 8.47. The van der Waals surface area contributed by atoms with E-state index in [9.17, 15) is 9.18 Å². The molecule has 0 aliphatic rings. The van der Waals surface area contributed by atoms with E-state index >= 15 is 0 Å². The Balaban J connectivity index is 3.41. The van der Waals surface area contributed by atoms with Crippen LogP contribution in [-0.4, -0.2) is 5.78 Å². The third-order valence-corrected chi connectivity index (χ3v) is 1.64. The van der Waals surface area contributed by atoms with Gasteiger partial charge in [-0.2, -0.15) is 5.26 Å². The molecule has 0 aliphatic heterocycles. The van der Waals surface area contributed by atoms with Crippen LogP contribution in [-0.2, 0) is 0 Å². The third-order valence-electron chi connectivity index (χ3n) is 1.64. The second-order valence-corrected chi connectivity index (χ2v) is 2.59. The number of carbonyl (C=O) groups is 1. The summed E-state index contributed by atoms with van der Waals surface area (Å²) in [6.45, 7) is 1.31. The molecule has 0 unspecified atom stereocenters. The van der Waals surface area contributed by atoms with E-state index in [0.29, 0.717) is 0 Å². The molecule has 2 N–H and O–H groups in total. The van der Waals surface area contributed by atoms with Crippen molar-refractivity contribution in [3.8, 4) is 6.07 Å². The third kappa shape index (κ3) is 1.64. The molecule has 66 valence electrons. The molecular formula is C9H7FN2O. The lowest BCUT2D eigenvalue weighted by Crippen LogP contribution is -2.01. The SMILES string of the molecule is CC(=O)c1cc(C#N)c(F)cc1N. The first kappa shape index (κ1) is 9.20. The number of anilines is 1. The zero-order valence-electron chi connectivity index (χ0n) is 6.97. The van der Waals surface area contributed by atoms with E-state index in [2.05, 4.69) is 0 Å². The van der Waals surface area contributed by atoms with Crippen molar-refractivity contribution in [1.29, 1.82) is 5.26 Å². The van der Waals surface area contributed by atoms with E-state index in [-0.39, 0.29) is 22.6 Å². The molecule has 0 saturated carbocycles. The summed E-state index contributed by atoms with van der Waals surface area (Å²) in [6, 6.07) is 3.78. The van der Waals surface area contributed by atoms with Crippen LogP contribution in [0.4, 0.5) is 10.1 Å². The largest absolute Gasteiger partial charge is 0.398 e. The van der Waals surface area contributed by atoms with Gasteiger partial charge in [0.05, 0.1) is 5.56 Å². The molecule has 0 aromatic heterocycles. The molecule has 0 saturated heterocycles. The Morgan fingerprint density at radius 3 is 2.69 bits per heavy atom. The highest BCUT2D eigenvalue weighted by Gasteiger charge is 2.10. The van der Waals surface area contributed by atoms with Gasteiger partial charge in [-0.15, -0.1) is 0 Å². The summed E-state index contributed by atoms with van der Waals surface area (Å²) in [5.41, 5.74) is 5.45. The number of Topliss-reactive ketones (excluding diaryl/α,β-unsaturated/α-hetero) is 1. The van der Waals surface area contributed by atoms with Gasteiger partial charge in [-0.05, 0) is 19.1 Å². The van der Waals surface area contributed by atoms with Crippen LogP contribution >= 0.6 is 0 Å². The number of hydrogen-bond acceptors (Lipinski definition) is 3. The number of rotatable bonds is 1. The van der Waals surface area contributed by atoms with Crippen LogP contribution in [0.25, 0.3) is 0 Å². The number of hydrogen-bond donors (Lipinski definition) is 1. The summed E-state index contributed by atoms with van der Waals surface area (Å²) in [4.78, 5) is 10.9. The van der Waals surface area contributed by atoms with Gasteiger partial charge in [-0.1, -0.05) is 0 Å². The molecule has 0 spiro atoms. The van der Waals surface area contributed by atoms with Gasteiger partial charge in [0, 0.05) is 11.3 Å². The first-order valence-electron chi connectivity index (χ1n) is 3.56.